The molecule has 0 spiro atoms. The fraction of sp³-hybridized carbons (Fsp3) is 0.333. The maximum atomic E-state index is 11.7. The fourth-order valence-corrected chi connectivity index (χ4v) is 2.17. The average molecular weight is 230 g/mol. The molecule has 0 atom stereocenters. The van der Waals surface area contributed by atoms with Gasteiger partial charge in [-0.05, 0) is 12.1 Å². The minimum absolute atomic E-state index is 0.156. The standard InChI is InChI=1S/C12H14N4O/c1-15-5-6-16(7-11(15)17)10-4-2-3-9-12(10)14-8-13-9/h2-4,8H,5-7H2,1H3,(H,13,14). The van der Waals surface area contributed by atoms with Crippen molar-refractivity contribution in [3.8, 4) is 0 Å². The van der Waals surface area contributed by atoms with Crippen LogP contribution in [0.5, 0.6) is 0 Å². The van der Waals surface area contributed by atoms with E-state index < -0.39 is 0 Å². The molecule has 2 heterocycles. The minimum atomic E-state index is 0.156. The van der Waals surface area contributed by atoms with Crippen LogP contribution in [-0.2, 0) is 4.79 Å². The highest BCUT2D eigenvalue weighted by molar-refractivity contribution is 5.91. The van der Waals surface area contributed by atoms with Crippen molar-refractivity contribution in [3.63, 3.8) is 0 Å². The van der Waals surface area contributed by atoms with Crippen molar-refractivity contribution in [1.82, 2.24) is 14.9 Å². The summed E-state index contributed by atoms with van der Waals surface area (Å²) in [6.07, 6.45) is 1.69. The summed E-state index contributed by atoms with van der Waals surface area (Å²) in [5, 5.41) is 0. The number of benzene rings is 1. The van der Waals surface area contributed by atoms with E-state index in [4.69, 9.17) is 0 Å². The summed E-state index contributed by atoms with van der Waals surface area (Å²) in [4.78, 5) is 23.0. The van der Waals surface area contributed by atoms with Crippen molar-refractivity contribution in [1.29, 1.82) is 0 Å². The first-order valence-corrected chi connectivity index (χ1v) is 5.67. The Balaban J connectivity index is 1.99. The summed E-state index contributed by atoms with van der Waals surface area (Å²) in [6, 6.07) is 5.99. The second-order valence-electron chi connectivity index (χ2n) is 4.31. The first-order chi connectivity index (χ1) is 8.25. The van der Waals surface area contributed by atoms with Crippen LogP contribution in [-0.4, -0.2) is 47.5 Å². The van der Waals surface area contributed by atoms with Crippen molar-refractivity contribution in [2.24, 2.45) is 0 Å². The molecule has 1 fully saturated rings. The average Bonchev–Trinajstić information content (AvgIpc) is 2.80. The lowest BCUT2D eigenvalue weighted by atomic mass is 10.2. The van der Waals surface area contributed by atoms with Gasteiger partial charge >= 0.3 is 0 Å². The van der Waals surface area contributed by atoms with E-state index in [-0.39, 0.29) is 5.91 Å². The van der Waals surface area contributed by atoms with Crippen molar-refractivity contribution in [2.75, 3.05) is 31.6 Å². The lowest BCUT2D eigenvalue weighted by Gasteiger charge is -2.33. The Morgan fingerprint density at radius 1 is 1.35 bits per heavy atom. The van der Waals surface area contributed by atoms with Gasteiger partial charge in [0.05, 0.1) is 24.1 Å². The molecule has 1 aliphatic rings. The Morgan fingerprint density at radius 3 is 3.06 bits per heavy atom. The SMILES string of the molecule is CN1CCN(c2cccc3[nH]cnc23)CC1=O. The number of hydrogen-bond acceptors (Lipinski definition) is 3. The van der Waals surface area contributed by atoms with Crippen molar-refractivity contribution in [2.45, 2.75) is 0 Å². The lowest BCUT2D eigenvalue weighted by molar-refractivity contribution is -0.129. The van der Waals surface area contributed by atoms with Crippen LogP contribution in [0.2, 0.25) is 0 Å². The predicted octanol–water partition coefficient (Wildman–Crippen LogP) is 0.841. The van der Waals surface area contributed by atoms with Gasteiger partial charge in [-0.3, -0.25) is 4.79 Å². The molecular formula is C12H14N4O. The molecule has 1 aromatic heterocycles. The number of para-hydroxylation sites is 1. The number of carbonyl (C=O) groups is 1. The van der Waals surface area contributed by atoms with Crippen LogP contribution < -0.4 is 4.90 Å². The number of amides is 1. The predicted molar refractivity (Wildman–Crippen MR) is 65.9 cm³/mol. The molecule has 0 bridgehead atoms. The number of likely N-dealkylation sites (N-methyl/N-ethyl adjacent to an activating group) is 1. The molecule has 1 saturated heterocycles. The van der Waals surface area contributed by atoms with E-state index in [0.29, 0.717) is 6.54 Å². The first-order valence-electron chi connectivity index (χ1n) is 5.67. The number of imidazole rings is 1. The van der Waals surface area contributed by atoms with Gasteiger partial charge in [-0.25, -0.2) is 4.98 Å². The van der Waals surface area contributed by atoms with Crippen molar-refractivity contribution < 1.29 is 4.79 Å². The molecule has 1 aliphatic heterocycles. The zero-order valence-corrected chi connectivity index (χ0v) is 9.68. The van der Waals surface area contributed by atoms with Crippen LogP contribution in [0.4, 0.5) is 5.69 Å². The molecule has 0 radical (unpaired) electrons. The molecule has 5 nitrogen and oxygen atoms in total. The van der Waals surface area contributed by atoms with E-state index in [1.807, 2.05) is 25.2 Å². The van der Waals surface area contributed by atoms with Crippen LogP contribution in [0.1, 0.15) is 0 Å². The Morgan fingerprint density at radius 2 is 2.24 bits per heavy atom. The van der Waals surface area contributed by atoms with Gasteiger partial charge in [0.25, 0.3) is 0 Å². The van der Waals surface area contributed by atoms with Gasteiger partial charge in [-0.1, -0.05) is 6.07 Å². The summed E-state index contributed by atoms with van der Waals surface area (Å²) >= 11 is 0. The third-order valence-corrected chi connectivity index (χ3v) is 3.23. The number of anilines is 1. The zero-order valence-electron chi connectivity index (χ0n) is 9.68. The summed E-state index contributed by atoms with van der Waals surface area (Å²) in [6.45, 7) is 2.05. The monoisotopic (exact) mass is 230 g/mol. The van der Waals surface area contributed by atoms with Gasteiger partial charge in [0.1, 0.15) is 5.52 Å². The molecule has 0 aliphatic carbocycles. The normalized spacial score (nSPS) is 16.9. The summed E-state index contributed by atoms with van der Waals surface area (Å²) in [5.41, 5.74) is 2.98. The van der Waals surface area contributed by atoms with E-state index in [1.165, 1.54) is 0 Å². The number of H-pyrrole nitrogens is 1. The summed E-state index contributed by atoms with van der Waals surface area (Å²) in [7, 11) is 1.84. The van der Waals surface area contributed by atoms with Crippen molar-refractivity contribution in [3.05, 3.63) is 24.5 Å². The number of nitrogens with one attached hydrogen (secondary N) is 1. The van der Waals surface area contributed by atoms with Crippen LogP contribution in [0.25, 0.3) is 11.0 Å². The summed E-state index contributed by atoms with van der Waals surface area (Å²) < 4.78 is 0. The van der Waals surface area contributed by atoms with Crippen molar-refractivity contribution >= 4 is 22.6 Å². The van der Waals surface area contributed by atoms with Crippen LogP contribution >= 0.6 is 0 Å². The van der Waals surface area contributed by atoms with E-state index in [2.05, 4.69) is 14.9 Å². The summed E-state index contributed by atoms with van der Waals surface area (Å²) in [5.74, 6) is 0.156. The molecule has 88 valence electrons. The van der Waals surface area contributed by atoms with E-state index in [0.717, 1.165) is 29.8 Å². The quantitative estimate of drug-likeness (QED) is 0.790. The third kappa shape index (κ3) is 1.63. The number of aromatic nitrogens is 2. The Bertz CT molecular complexity index is 562. The maximum Gasteiger partial charge on any atom is 0.241 e. The molecule has 1 N–H and O–H groups in total. The van der Waals surface area contributed by atoms with Crippen LogP contribution in [0, 0.1) is 0 Å². The minimum Gasteiger partial charge on any atom is -0.359 e. The van der Waals surface area contributed by atoms with Gasteiger partial charge in [0, 0.05) is 20.1 Å². The second kappa shape index (κ2) is 3.76. The zero-order chi connectivity index (χ0) is 11.8. The van der Waals surface area contributed by atoms with Crippen LogP contribution in [0.3, 0.4) is 0 Å². The Kier molecular flexibility index (Phi) is 2.24. The molecule has 2 aromatic rings. The molecule has 5 heteroatoms. The number of aromatic amines is 1. The topological polar surface area (TPSA) is 52.2 Å². The third-order valence-electron chi connectivity index (χ3n) is 3.23. The fourth-order valence-electron chi connectivity index (χ4n) is 2.17. The second-order valence-corrected chi connectivity index (χ2v) is 4.31. The number of hydrogen-bond donors (Lipinski definition) is 1. The molecule has 3 rings (SSSR count). The van der Waals surface area contributed by atoms with Gasteiger partial charge in [-0.2, -0.15) is 0 Å². The van der Waals surface area contributed by atoms with E-state index in [1.54, 1.807) is 11.2 Å². The largest absolute Gasteiger partial charge is 0.359 e. The molecule has 1 aromatic carbocycles. The van der Waals surface area contributed by atoms with E-state index in [9.17, 15) is 4.79 Å². The van der Waals surface area contributed by atoms with Gasteiger partial charge < -0.3 is 14.8 Å². The van der Waals surface area contributed by atoms with Gasteiger partial charge in [0.2, 0.25) is 5.91 Å². The lowest BCUT2D eigenvalue weighted by Crippen LogP contribution is -2.48. The highest BCUT2D eigenvalue weighted by Crippen LogP contribution is 2.24. The first kappa shape index (κ1) is 10.1. The number of piperazine rings is 1. The smallest absolute Gasteiger partial charge is 0.241 e. The highest BCUT2D eigenvalue weighted by Gasteiger charge is 2.22. The number of rotatable bonds is 1. The number of fused-ring (bicyclic) bond motifs is 1. The Labute approximate surface area is 99.0 Å². The van der Waals surface area contributed by atoms with Gasteiger partial charge in [0.15, 0.2) is 0 Å². The number of carbonyl (C=O) groups excluding carboxylic acids is 1. The number of nitrogens with zero attached hydrogens (tertiary/aromatic N) is 3. The maximum absolute atomic E-state index is 11.7. The molecule has 0 saturated carbocycles. The molecular weight excluding hydrogens is 216 g/mol. The molecule has 1 amide bonds. The molecule has 0 unspecified atom stereocenters. The highest BCUT2D eigenvalue weighted by atomic mass is 16.2. The Hall–Kier alpha value is -2.04. The molecule has 17 heavy (non-hydrogen) atoms. The van der Waals surface area contributed by atoms with E-state index >= 15 is 0 Å². The van der Waals surface area contributed by atoms with Crippen LogP contribution in [0.15, 0.2) is 24.5 Å². The van der Waals surface area contributed by atoms with Gasteiger partial charge in [-0.15, -0.1) is 0 Å².